The molecule has 0 aliphatic carbocycles. The Hall–Kier alpha value is -3.19. The van der Waals surface area contributed by atoms with Gasteiger partial charge in [0.1, 0.15) is 0 Å². The number of benzene rings is 2. The summed E-state index contributed by atoms with van der Waals surface area (Å²) in [5, 5.41) is 11.9. The molecule has 3 aromatic rings. The van der Waals surface area contributed by atoms with Gasteiger partial charge in [-0.25, -0.2) is 0 Å². The molecule has 2 aromatic carbocycles. The van der Waals surface area contributed by atoms with Crippen molar-refractivity contribution in [3.8, 4) is 0 Å². The Morgan fingerprint density at radius 2 is 1.69 bits per heavy atom. The van der Waals surface area contributed by atoms with Gasteiger partial charge < -0.3 is 16.0 Å². The van der Waals surface area contributed by atoms with Crippen LogP contribution in [0, 0.1) is 0 Å². The number of rotatable bonds is 7. The van der Waals surface area contributed by atoms with Gasteiger partial charge in [-0.1, -0.05) is 42.5 Å². The Bertz CT molecular complexity index is 1000. The molecule has 6 nitrogen and oxygen atoms in total. The fraction of sp³-hybridized carbons (Fsp3) is 0.227. The van der Waals surface area contributed by atoms with Gasteiger partial charge in [0, 0.05) is 11.4 Å². The number of fused-ring (bicyclic) bond motifs is 1. The summed E-state index contributed by atoms with van der Waals surface area (Å²) in [6.45, 7) is 1.99. The topological polar surface area (TPSA) is 87.3 Å². The molecule has 150 valence electrons. The second kappa shape index (κ2) is 9.84. The zero-order chi connectivity index (χ0) is 20.6. The van der Waals surface area contributed by atoms with Crippen molar-refractivity contribution in [2.24, 2.45) is 0 Å². The smallest absolute Gasteiger partial charge is 0.309 e. The maximum Gasteiger partial charge on any atom is 0.309 e. The third kappa shape index (κ3) is 5.89. The molecule has 0 unspecified atom stereocenters. The molecule has 0 radical (unpaired) electrons. The minimum absolute atomic E-state index is 0.219. The highest BCUT2D eigenvalue weighted by atomic mass is 32.1. The standard InChI is InChI=1S/C22H23N3O3S/c1-15(17-9-8-16-5-2-3-6-18(16)13-17)25-20(26)14-24-22(28)21(27)23-11-10-19-7-4-12-29-19/h2-9,12-13,15H,10-11,14H2,1H3,(H,23,27)(H,24,28)(H,25,26)/t15-/m0/s1. The quantitative estimate of drug-likeness (QED) is 0.524. The van der Waals surface area contributed by atoms with E-state index in [9.17, 15) is 14.4 Å². The number of amides is 3. The van der Waals surface area contributed by atoms with E-state index in [0.29, 0.717) is 13.0 Å². The lowest BCUT2D eigenvalue weighted by Crippen LogP contribution is -2.44. The Labute approximate surface area is 173 Å². The highest BCUT2D eigenvalue weighted by Gasteiger charge is 2.15. The number of hydrogen-bond acceptors (Lipinski definition) is 4. The summed E-state index contributed by atoms with van der Waals surface area (Å²) in [6, 6.07) is 17.7. The van der Waals surface area contributed by atoms with Crippen LogP contribution in [0.4, 0.5) is 0 Å². The van der Waals surface area contributed by atoms with Gasteiger partial charge in [0.25, 0.3) is 0 Å². The Kier molecular flexibility index (Phi) is 6.97. The highest BCUT2D eigenvalue weighted by Crippen LogP contribution is 2.20. The van der Waals surface area contributed by atoms with E-state index >= 15 is 0 Å². The van der Waals surface area contributed by atoms with Crippen molar-refractivity contribution < 1.29 is 14.4 Å². The van der Waals surface area contributed by atoms with E-state index in [4.69, 9.17) is 0 Å². The fourth-order valence-corrected chi connectivity index (χ4v) is 3.64. The van der Waals surface area contributed by atoms with Gasteiger partial charge in [-0.15, -0.1) is 11.3 Å². The molecule has 1 atom stereocenters. The fourth-order valence-electron chi connectivity index (χ4n) is 2.93. The van der Waals surface area contributed by atoms with Crippen LogP contribution < -0.4 is 16.0 Å². The van der Waals surface area contributed by atoms with Crippen molar-refractivity contribution in [1.29, 1.82) is 0 Å². The summed E-state index contributed by atoms with van der Waals surface area (Å²) in [6.07, 6.45) is 0.667. The Morgan fingerprint density at radius 3 is 2.45 bits per heavy atom. The summed E-state index contributed by atoms with van der Waals surface area (Å²) in [5.41, 5.74) is 0.967. The molecule has 0 aliphatic heterocycles. The Morgan fingerprint density at radius 1 is 0.931 bits per heavy atom. The summed E-state index contributed by atoms with van der Waals surface area (Å²) < 4.78 is 0. The van der Waals surface area contributed by atoms with E-state index in [1.807, 2.05) is 66.9 Å². The molecular formula is C22H23N3O3S. The summed E-state index contributed by atoms with van der Waals surface area (Å²) in [4.78, 5) is 36.9. The van der Waals surface area contributed by atoms with Crippen LogP contribution in [-0.4, -0.2) is 30.8 Å². The molecule has 1 heterocycles. The second-order valence-electron chi connectivity index (χ2n) is 6.66. The molecule has 0 saturated carbocycles. The van der Waals surface area contributed by atoms with Gasteiger partial charge in [0.15, 0.2) is 0 Å². The molecular weight excluding hydrogens is 386 g/mol. The zero-order valence-electron chi connectivity index (χ0n) is 16.1. The predicted octanol–water partition coefficient (Wildman–Crippen LogP) is 2.55. The summed E-state index contributed by atoms with van der Waals surface area (Å²) >= 11 is 1.60. The van der Waals surface area contributed by atoms with Crippen molar-refractivity contribution in [1.82, 2.24) is 16.0 Å². The van der Waals surface area contributed by atoms with Crippen molar-refractivity contribution in [2.45, 2.75) is 19.4 Å². The van der Waals surface area contributed by atoms with Gasteiger partial charge >= 0.3 is 11.8 Å². The molecule has 3 N–H and O–H groups in total. The van der Waals surface area contributed by atoms with Gasteiger partial charge in [-0.05, 0) is 47.2 Å². The molecule has 7 heteroatoms. The number of carbonyl (C=O) groups excluding carboxylic acids is 3. The van der Waals surface area contributed by atoms with Crippen LogP contribution in [0.3, 0.4) is 0 Å². The number of carbonyl (C=O) groups is 3. The van der Waals surface area contributed by atoms with Gasteiger partial charge in [-0.3, -0.25) is 14.4 Å². The minimum atomic E-state index is -0.815. The van der Waals surface area contributed by atoms with E-state index in [2.05, 4.69) is 16.0 Å². The molecule has 0 spiro atoms. The molecule has 0 bridgehead atoms. The van der Waals surface area contributed by atoms with E-state index in [-0.39, 0.29) is 18.5 Å². The average Bonchev–Trinajstić information content (AvgIpc) is 3.25. The monoisotopic (exact) mass is 409 g/mol. The van der Waals surface area contributed by atoms with Crippen LogP contribution in [0.15, 0.2) is 60.0 Å². The first-order valence-electron chi connectivity index (χ1n) is 9.39. The van der Waals surface area contributed by atoms with Crippen molar-refractivity contribution in [3.05, 3.63) is 70.4 Å². The van der Waals surface area contributed by atoms with E-state index in [1.165, 1.54) is 0 Å². The third-order valence-corrected chi connectivity index (χ3v) is 5.44. The third-order valence-electron chi connectivity index (χ3n) is 4.50. The van der Waals surface area contributed by atoms with Crippen LogP contribution in [0.25, 0.3) is 10.8 Å². The lowest BCUT2D eigenvalue weighted by Gasteiger charge is -2.15. The molecule has 0 aliphatic rings. The molecule has 1 aromatic heterocycles. The largest absolute Gasteiger partial charge is 0.348 e. The van der Waals surface area contributed by atoms with Crippen LogP contribution in [-0.2, 0) is 20.8 Å². The Balaban J connectivity index is 1.42. The first-order valence-corrected chi connectivity index (χ1v) is 10.3. The van der Waals surface area contributed by atoms with Crippen molar-refractivity contribution in [2.75, 3.05) is 13.1 Å². The number of hydrogen-bond donors (Lipinski definition) is 3. The second-order valence-corrected chi connectivity index (χ2v) is 7.70. The zero-order valence-corrected chi connectivity index (χ0v) is 16.9. The molecule has 0 fully saturated rings. The maximum atomic E-state index is 12.1. The minimum Gasteiger partial charge on any atom is -0.348 e. The first-order chi connectivity index (χ1) is 14.0. The average molecular weight is 410 g/mol. The number of nitrogens with one attached hydrogen (secondary N) is 3. The van der Waals surface area contributed by atoms with E-state index in [1.54, 1.807) is 11.3 Å². The maximum absolute atomic E-state index is 12.1. The SMILES string of the molecule is C[C@H](NC(=O)CNC(=O)C(=O)NCCc1cccs1)c1ccc2ccccc2c1. The summed E-state index contributed by atoms with van der Waals surface area (Å²) in [5.74, 6) is -1.91. The molecule has 3 amide bonds. The van der Waals surface area contributed by atoms with Gasteiger partial charge in [0.2, 0.25) is 5.91 Å². The van der Waals surface area contributed by atoms with E-state index in [0.717, 1.165) is 21.2 Å². The van der Waals surface area contributed by atoms with Crippen LogP contribution in [0.2, 0.25) is 0 Å². The first kappa shape index (κ1) is 20.5. The molecule has 0 saturated heterocycles. The van der Waals surface area contributed by atoms with Crippen LogP contribution >= 0.6 is 11.3 Å². The highest BCUT2D eigenvalue weighted by molar-refractivity contribution is 7.09. The van der Waals surface area contributed by atoms with E-state index < -0.39 is 11.8 Å². The number of thiophene rings is 1. The van der Waals surface area contributed by atoms with Crippen LogP contribution in [0.5, 0.6) is 0 Å². The van der Waals surface area contributed by atoms with Crippen LogP contribution in [0.1, 0.15) is 23.4 Å². The van der Waals surface area contributed by atoms with Gasteiger partial charge in [-0.2, -0.15) is 0 Å². The molecule has 29 heavy (non-hydrogen) atoms. The summed E-state index contributed by atoms with van der Waals surface area (Å²) in [7, 11) is 0. The lowest BCUT2D eigenvalue weighted by atomic mass is 10.0. The normalized spacial score (nSPS) is 11.6. The predicted molar refractivity (Wildman–Crippen MR) is 115 cm³/mol. The van der Waals surface area contributed by atoms with Crippen molar-refractivity contribution in [3.63, 3.8) is 0 Å². The van der Waals surface area contributed by atoms with Gasteiger partial charge in [0.05, 0.1) is 12.6 Å². The van der Waals surface area contributed by atoms with Crippen molar-refractivity contribution >= 4 is 39.8 Å². The lowest BCUT2D eigenvalue weighted by molar-refractivity contribution is -0.139. The molecule has 3 rings (SSSR count).